The van der Waals surface area contributed by atoms with Crippen LogP contribution in [0.5, 0.6) is 0 Å². The van der Waals surface area contributed by atoms with E-state index in [1.807, 2.05) is 70.4 Å². The molecule has 2 aromatic carbocycles. The number of aromatic nitrogens is 1. The molecule has 0 unspecified atom stereocenters. The van der Waals surface area contributed by atoms with Crippen molar-refractivity contribution in [3.8, 4) is 0 Å². The SMILES string of the molecule is C1=Cc2ccccc2NC1.C=CCC(C)C.CC.CC.CC(C)C.c1ccc2cnccc2c1. The van der Waals surface area contributed by atoms with E-state index in [-0.39, 0.29) is 0 Å². The molecule has 0 spiro atoms. The van der Waals surface area contributed by atoms with E-state index in [0.29, 0.717) is 0 Å². The third-order valence-electron chi connectivity index (χ3n) is 3.86. The lowest BCUT2D eigenvalue weighted by atomic mass is 10.1. The highest BCUT2D eigenvalue weighted by Crippen LogP contribution is 2.18. The zero-order valence-corrected chi connectivity index (χ0v) is 23.3. The molecule has 0 saturated heterocycles. The van der Waals surface area contributed by atoms with Gasteiger partial charge in [0.1, 0.15) is 0 Å². The summed E-state index contributed by atoms with van der Waals surface area (Å²) in [4.78, 5) is 4.01. The van der Waals surface area contributed by atoms with Crippen molar-refractivity contribution in [1.82, 2.24) is 4.98 Å². The summed E-state index contributed by atoms with van der Waals surface area (Å²) in [7, 11) is 0. The number of allylic oxidation sites excluding steroid dienone is 1. The first-order chi connectivity index (χ1) is 16.4. The lowest BCUT2D eigenvalue weighted by Crippen LogP contribution is -2.03. The van der Waals surface area contributed by atoms with Crippen LogP contribution in [0.2, 0.25) is 0 Å². The Balaban J connectivity index is 0. The molecule has 2 heteroatoms. The van der Waals surface area contributed by atoms with Crippen LogP contribution in [0.25, 0.3) is 16.8 Å². The van der Waals surface area contributed by atoms with Crippen molar-refractivity contribution in [2.75, 3.05) is 11.9 Å². The summed E-state index contributed by atoms with van der Waals surface area (Å²) in [5, 5.41) is 5.72. The summed E-state index contributed by atoms with van der Waals surface area (Å²) >= 11 is 0. The van der Waals surface area contributed by atoms with E-state index in [0.717, 1.165) is 24.8 Å². The first-order valence-corrected chi connectivity index (χ1v) is 12.8. The van der Waals surface area contributed by atoms with Crippen molar-refractivity contribution < 1.29 is 0 Å². The number of rotatable bonds is 2. The van der Waals surface area contributed by atoms with E-state index in [1.54, 1.807) is 0 Å². The molecule has 1 aliphatic heterocycles. The van der Waals surface area contributed by atoms with E-state index >= 15 is 0 Å². The summed E-state index contributed by atoms with van der Waals surface area (Å²) in [6.07, 6.45) is 11.0. The van der Waals surface area contributed by atoms with Gasteiger partial charge in [-0.25, -0.2) is 0 Å². The predicted molar refractivity (Wildman–Crippen MR) is 159 cm³/mol. The molecule has 4 rings (SSSR count). The van der Waals surface area contributed by atoms with Gasteiger partial charge in [-0.15, -0.1) is 6.58 Å². The number of para-hydroxylation sites is 1. The molecule has 0 atom stereocenters. The Kier molecular flexibility index (Phi) is 22.8. The topological polar surface area (TPSA) is 24.9 Å². The van der Waals surface area contributed by atoms with Gasteiger partial charge in [0.15, 0.2) is 0 Å². The second-order valence-corrected chi connectivity index (χ2v) is 8.24. The van der Waals surface area contributed by atoms with Crippen molar-refractivity contribution in [1.29, 1.82) is 0 Å². The van der Waals surface area contributed by atoms with E-state index in [4.69, 9.17) is 0 Å². The maximum Gasteiger partial charge on any atom is 0.0416 e. The fraction of sp³-hybridized carbons (Fsp3) is 0.406. The molecule has 2 nitrogen and oxygen atoms in total. The predicted octanol–water partition coefficient (Wildman–Crippen LogP) is 10.3. The average Bonchev–Trinajstić information content (AvgIpc) is 2.87. The van der Waals surface area contributed by atoms with Gasteiger partial charge in [-0.2, -0.15) is 0 Å². The van der Waals surface area contributed by atoms with Crippen LogP contribution in [0.4, 0.5) is 5.69 Å². The van der Waals surface area contributed by atoms with Crippen molar-refractivity contribution in [3.05, 3.63) is 91.3 Å². The number of fused-ring (bicyclic) bond motifs is 2. The molecule has 0 radical (unpaired) electrons. The van der Waals surface area contributed by atoms with Crippen LogP contribution in [-0.4, -0.2) is 11.5 Å². The van der Waals surface area contributed by atoms with Crippen molar-refractivity contribution >= 4 is 22.5 Å². The van der Waals surface area contributed by atoms with Gasteiger partial charge >= 0.3 is 0 Å². The van der Waals surface area contributed by atoms with Crippen LogP contribution >= 0.6 is 0 Å². The van der Waals surface area contributed by atoms with Gasteiger partial charge in [0.05, 0.1) is 0 Å². The van der Waals surface area contributed by atoms with Gasteiger partial charge in [0.2, 0.25) is 0 Å². The number of nitrogens with zero attached hydrogens (tertiary/aromatic N) is 1. The van der Waals surface area contributed by atoms with E-state index in [2.05, 4.69) is 94.0 Å². The minimum atomic E-state index is 0.780. The Morgan fingerprint density at radius 3 is 1.91 bits per heavy atom. The highest BCUT2D eigenvalue weighted by Gasteiger charge is 1.98. The molecular formula is C32H50N2. The van der Waals surface area contributed by atoms with Crippen LogP contribution in [0.3, 0.4) is 0 Å². The van der Waals surface area contributed by atoms with Crippen LogP contribution in [0, 0.1) is 11.8 Å². The first kappa shape index (κ1) is 33.3. The largest absolute Gasteiger partial charge is 0.381 e. The highest BCUT2D eigenvalue weighted by atomic mass is 14.9. The molecule has 1 aromatic heterocycles. The summed E-state index contributed by atoms with van der Waals surface area (Å²) in [5.41, 5.74) is 2.53. The molecule has 2 heterocycles. The fourth-order valence-electron chi connectivity index (χ4n) is 2.52. The molecule has 188 valence electrons. The number of anilines is 1. The van der Waals surface area contributed by atoms with Gasteiger partial charge in [0, 0.05) is 24.6 Å². The Hall–Kier alpha value is -2.87. The molecule has 0 saturated carbocycles. The maximum atomic E-state index is 4.01. The van der Waals surface area contributed by atoms with Gasteiger partial charge in [-0.05, 0) is 46.7 Å². The normalized spacial score (nSPS) is 10.1. The number of hydrogen-bond acceptors (Lipinski definition) is 2. The van der Waals surface area contributed by atoms with E-state index < -0.39 is 0 Å². The number of benzene rings is 2. The first-order valence-electron chi connectivity index (χ1n) is 12.8. The minimum absolute atomic E-state index is 0.780. The van der Waals surface area contributed by atoms with Crippen molar-refractivity contribution in [3.63, 3.8) is 0 Å². The van der Waals surface area contributed by atoms with Crippen LogP contribution < -0.4 is 5.32 Å². The number of hydrogen-bond donors (Lipinski definition) is 1. The van der Waals surface area contributed by atoms with E-state index in [1.165, 1.54) is 22.0 Å². The fourth-order valence-corrected chi connectivity index (χ4v) is 2.52. The Morgan fingerprint density at radius 1 is 0.853 bits per heavy atom. The third-order valence-corrected chi connectivity index (χ3v) is 3.86. The quantitative estimate of drug-likeness (QED) is 0.383. The molecule has 0 bridgehead atoms. The monoisotopic (exact) mass is 462 g/mol. The highest BCUT2D eigenvalue weighted by molar-refractivity contribution is 5.81. The average molecular weight is 463 g/mol. The molecule has 0 amide bonds. The number of nitrogens with one attached hydrogen (secondary N) is 1. The summed E-state index contributed by atoms with van der Waals surface area (Å²) in [6, 6.07) is 18.5. The summed E-state index contributed by atoms with van der Waals surface area (Å²) < 4.78 is 0. The molecular weight excluding hydrogens is 412 g/mol. The Bertz CT molecular complexity index is 811. The zero-order chi connectivity index (χ0) is 26.2. The lowest BCUT2D eigenvalue weighted by Gasteiger charge is -2.11. The van der Waals surface area contributed by atoms with Crippen LogP contribution in [0.1, 0.15) is 74.3 Å². The lowest BCUT2D eigenvalue weighted by molar-refractivity contribution is 0.664. The third kappa shape index (κ3) is 17.7. The van der Waals surface area contributed by atoms with Gasteiger partial charge in [0.25, 0.3) is 0 Å². The van der Waals surface area contributed by atoms with Gasteiger partial charge < -0.3 is 5.32 Å². The van der Waals surface area contributed by atoms with Gasteiger partial charge in [-0.3, -0.25) is 4.98 Å². The van der Waals surface area contributed by atoms with E-state index in [9.17, 15) is 0 Å². The molecule has 0 fully saturated rings. The van der Waals surface area contributed by atoms with Crippen LogP contribution in [-0.2, 0) is 0 Å². The summed E-state index contributed by atoms with van der Waals surface area (Å²) in [6.45, 7) is 23.4. The smallest absolute Gasteiger partial charge is 0.0416 e. The Morgan fingerprint density at radius 2 is 1.41 bits per heavy atom. The Labute approximate surface area is 211 Å². The number of pyridine rings is 1. The molecule has 1 N–H and O–H groups in total. The summed E-state index contributed by atoms with van der Waals surface area (Å²) in [5.74, 6) is 1.61. The van der Waals surface area contributed by atoms with Crippen molar-refractivity contribution in [2.24, 2.45) is 11.8 Å². The molecule has 0 aliphatic carbocycles. The molecule has 3 aromatic rings. The second-order valence-electron chi connectivity index (χ2n) is 8.24. The second kappa shape index (κ2) is 23.3. The van der Waals surface area contributed by atoms with Crippen molar-refractivity contribution in [2.45, 2.75) is 68.7 Å². The maximum absolute atomic E-state index is 4.01. The molecule has 1 aliphatic rings. The standard InChI is InChI=1S/C9H9N.C9H7N.C6H12.C4H10.2C2H6/c1-2-6-9-8(4-1)5-3-7-10-9;1-2-4-9-7-10-6-5-8(9)3-1;1-4-5-6(2)3;1-4(2)3;2*1-2/h1-6,10H,7H2;1-7H;4,6H,1,5H2,2-3H3;4H,1-3H3;2*1-2H3. The minimum Gasteiger partial charge on any atom is -0.381 e. The van der Waals surface area contributed by atoms with Gasteiger partial charge in [-0.1, -0.05) is 123 Å². The zero-order valence-electron chi connectivity index (χ0n) is 23.3. The molecule has 34 heavy (non-hydrogen) atoms. The van der Waals surface area contributed by atoms with Crippen LogP contribution in [0.15, 0.2) is 85.7 Å².